The summed E-state index contributed by atoms with van der Waals surface area (Å²) in [5, 5.41) is 8.19. The summed E-state index contributed by atoms with van der Waals surface area (Å²) >= 11 is 0. The number of nitrogens with one attached hydrogen (secondary N) is 1. The van der Waals surface area contributed by atoms with Gasteiger partial charge in [-0.1, -0.05) is 0 Å². The lowest BCUT2D eigenvalue weighted by atomic mass is 9.92. The molecule has 1 atom stereocenters. The SMILES string of the molecule is Cc1c(C2CCCNC2)cnn1C1CCN(C(=O)OC(C)(C)C)CC1. The summed E-state index contributed by atoms with van der Waals surface area (Å²) in [6.07, 6.45) is 6.22. The van der Waals surface area contributed by atoms with E-state index < -0.39 is 5.60 Å². The van der Waals surface area contributed by atoms with Gasteiger partial charge in [0, 0.05) is 25.3 Å². The number of carbonyl (C=O) groups is 1. The van der Waals surface area contributed by atoms with Crippen molar-refractivity contribution in [1.82, 2.24) is 20.0 Å². The Morgan fingerprint density at radius 1 is 1.28 bits per heavy atom. The van der Waals surface area contributed by atoms with E-state index in [-0.39, 0.29) is 6.09 Å². The van der Waals surface area contributed by atoms with Crippen molar-refractivity contribution < 1.29 is 9.53 Å². The maximum Gasteiger partial charge on any atom is 0.410 e. The third kappa shape index (κ3) is 4.35. The Morgan fingerprint density at radius 3 is 2.60 bits per heavy atom. The van der Waals surface area contributed by atoms with Crippen molar-refractivity contribution in [1.29, 1.82) is 0 Å². The monoisotopic (exact) mass is 348 g/mol. The molecule has 2 aliphatic rings. The second-order valence-corrected chi connectivity index (χ2v) is 8.37. The predicted octanol–water partition coefficient (Wildman–Crippen LogP) is 3.23. The predicted molar refractivity (Wildman–Crippen MR) is 97.9 cm³/mol. The zero-order chi connectivity index (χ0) is 18.0. The number of hydrogen-bond donors (Lipinski definition) is 1. The van der Waals surface area contributed by atoms with Crippen LogP contribution in [-0.2, 0) is 4.74 Å². The fourth-order valence-corrected chi connectivity index (χ4v) is 3.94. The Hall–Kier alpha value is -1.56. The Morgan fingerprint density at radius 2 is 2.00 bits per heavy atom. The minimum absolute atomic E-state index is 0.197. The molecule has 2 fully saturated rings. The summed E-state index contributed by atoms with van der Waals surface area (Å²) in [5.41, 5.74) is 2.25. The molecule has 3 rings (SSSR count). The quantitative estimate of drug-likeness (QED) is 0.891. The minimum Gasteiger partial charge on any atom is -0.444 e. The van der Waals surface area contributed by atoms with Crippen LogP contribution in [0.2, 0.25) is 0 Å². The number of nitrogens with zero attached hydrogens (tertiary/aromatic N) is 3. The van der Waals surface area contributed by atoms with E-state index in [0.717, 1.165) is 39.0 Å². The smallest absolute Gasteiger partial charge is 0.410 e. The van der Waals surface area contributed by atoms with Crippen LogP contribution in [-0.4, -0.2) is 52.6 Å². The van der Waals surface area contributed by atoms with Gasteiger partial charge in [0.05, 0.1) is 12.2 Å². The van der Waals surface area contributed by atoms with Gasteiger partial charge >= 0.3 is 6.09 Å². The van der Waals surface area contributed by atoms with E-state index in [2.05, 4.69) is 23.1 Å². The van der Waals surface area contributed by atoms with Crippen molar-refractivity contribution in [3.8, 4) is 0 Å². The second kappa shape index (κ2) is 7.36. The first-order chi connectivity index (χ1) is 11.8. The fourth-order valence-electron chi connectivity index (χ4n) is 3.94. The first-order valence-electron chi connectivity index (χ1n) is 9.58. The molecule has 3 heterocycles. The molecule has 1 N–H and O–H groups in total. The Balaban J connectivity index is 1.60. The van der Waals surface area contributed by atoms with Crippen LogP contribution in [0.25, 0.3) is 0 Å². The molecule has 0 bridgehead atoms. The molecule has 1 aromatic heterocycles. The van der Waals surface area contributed by atoms with E-state index in [1.54, 1.807) is 0 Å². The Labute approximate surface area is 150 Å². The van der Waals surface area contributed by atoms with Crippen LogP contribution in [0.1, 0.15) is 69.7 Å². The van der Waals surface area contributed by atoms with Crippen LogP contribution in [0, 0.1) is 6.92 Å². The number of piperidine rings is 2. The number of aromatic nitrogens is 2. The normalized spacial score (nSPS) is 22.9. The lowest BCUT2D eigenvalue weighted by Crippen LogP contribution is -2.42. The summed E-state index contributed by atoms with van der Waals surface area (Å²) in [5.74, 6) is 0.587. The molecule has 6 heteroatoms. The molecule has 6 nitrogen and oxygen atoms in total. The molecule has 0 radical (unpaired) electrons. The average molecular weight is 348 g/mol. The molecule has 0 spiro atoms. The Kier molecular flexibility index (Phi) is 5.37. The summed E-state index contributed by atoms with van der Waals surface area (Å²) in [6, 6.07) is 0.379. The van der Waals surface area contributed by atoms with E-state index >= 15 is 0 Å². The first-order valence-corrected chi connectivity index (χ1v) is 9.58. The number of ether oxygens (including phenoxy) is 1. The van der Waals surface area contributed by atoms with Crippen molar-refractivity contribution in [3.63, 3.8) is 0 Å². The number of carbonyl (C=O) groups excluding carboxylic acids is 1. The summed E-state index contributed by atoms with van der Waals surface area (Å²) in [4.78, 5) is 14.0. The highest BCUT2D eigenvalue weighted by Gasteiger charge is 2.29. The van der Waals surface area contributed by atoms with Crippen LogP contribution in [0.3, 0.4) is 0 Å². The molecule has 1 aromatic rings. The number of amides is 1. The van der Waals surface area contributed by atoms with E-state index in [0.29, 0.717) is 12.0 Å². The maximum atomic E-state index is 12.2. The number of likely N-dealkylation sites (tertiary alicyclic amines) is 1. The van der Waals surface area contributed by atoms with Gasteiger partial charge in [-0.3, -0.25) is 4.68 Å². The minimum atomic E-state index is -0.435. The zero-order valence-electron chi connectivity index (χ0n) is 16.0. The van der Waals surface area contributed by atoms with Crippen molar-refractivity contribution in [2.75, 3.05) is 26.2 Å². The standard InChI is InChI=1S/C19H32N4O2/c1-14-17(15-6-5-9-20-12-15)13-21-23(14)16-7-10-22(11-8-16)18(24)25-19(2,3)4/h13,15-16,20H,5-12H2,1-4H3. The molecule has 0 aliphatic carbocycles. The van der Waals surface area contributed by atoms with Gasteiger partial charge in [0.25, 0.3) is 0 Å². The number of rotatable bonds is 2. The van der Waals surface area contributed by atoms with Crippen LogP contribution in [0.5, 0.6) is 0 Å². The van der Waals surface area contributed by atoms with Gasteiger partial charge in [-0.15, -0.1) is 0 Å². The summed E-state index contributed by atoms with van der Waals surface area (Å²) < 4.78 is 7.67. The molecule has 1 unspecified atom stereocenters. The van der Waals surface area contributed by atoms with Gasteiger partial charge in [-0.2, -0.15) is 5.10 Å². The van der Waals surface area contributed by atoms with Crippen LogP contribution >= 0.6 is 0 Å². The van der Waals surface area contributed by atoms with Crippen LogP contribution < -0.4 is 5.32 Å². The summed E-state index contributed by atoms with van der Waals surface area (Å²) in [6.45, 7) is 11.6. The molecule has 1 amide bonds. The number of hydrogen-bond acceptors (Lipinski definition) is 4. The third-order valence-electron chi connectivity index (χ3n) is 5.28. The molecule has 2 saturated heterocycles. The molecule has 140 valence electrons. The van der Waals surface area contributed by atoms with Crippen molar-refractivity contribution >= 4 is 6.09 Å². The molecular weight excluding hydrogens is 316 g/mol. The maximum absolute atomic E-state index is 12.2. The first kappa shape index (κ1) is 18.2. The molecule has 0 saturated carbocycles. The van der Waals surface area contributed by atoms with Crippen molar-refractivity contribution in [3.05, 3.63) is 17.5 Å². The van der Waals surface area contributed by atoms with Gasteiger partial charge in [0.2, 0.25) is 0 Å². The van der Waals surface area contributed by atoms with Gasteiger partial charge in [-0.25, -0.2) is 4.79 Å². The van der Waals surface area contributed by atoms with E-state index in [1.807, 2.05) is 25.7 Å². The van der Waals surface area contributed by atoms with Crippen molar-refractivity contribution in [2.24, 2.45) is 0 Å². The average Bonchev–Trinajstić information content (AvgIpc) is 2.96. The highest BCUT2D eigenvalue weighted by atomic mass is 16.6. The molecular formula is C19H32N4O2. The van der Waals surface area contributed by atoms with E-state index in [9.17, 15) is 4.79 Å². The van der Waals surface area contributed by atoms with E-state index in [4.69, 9.17) is 9.84 Å². The zero-order valence-corrected chi connectivity index (χ0v) is 16.0. The van der Waals surface area contributed by atoms with Gasteiger partial charge in [0.15, 0.2) is 0 Å². The van der Waals surface area contributed by atoms with Crippen LogP contribution in [0.4, 0.5) is 4.79 Å². The Bertz CT molecular complexity index is 591. The molecule has 25 heavy (non-hydrogen) atoms. The molecule has 0 aromatic carbocycles. The van der Waals surface area contributed by atoms with Gasteiger partial charge < -0.3 is 15.0 Å². The molecule has 2 aliphatic heterocycles. The topological polar surface area (TPSA) is 59.4 Å². The third-order valence-corrected chi connectivity index (χ3v) is 5.28. The highest BCUT2D eigenvalue weighted by Crippen LogP contribution is 2.30. The largest absolute Gasteiger partial charge is 0.444 e. The lowest BCUT2D eigenvalue weighted by Gasteiger charge is -2.34. The fraction of sp³-hybridized carbons (Fsp3) is 0.789. The van der Waals surface area contributed by atoms with Gasteiger partial charge in [0.1, 0.15) is 5.60 Å². The summed E-state index contributed by atoms with van der Waals surface area (Å²) in [7, 11) is 0. The van der Waals surface area contributed by atoms with Crippen LogP contribution in [0.15, 0.2) is 6.20 Å². The van der Waals surface area contributed by atoms with E-state index in [1.165, 1.54) is 24.1 Å². The van der Waals surface area contributed by atoms with Crippen molar-refractivity contribution in [2.45, 2.75) is 70.9 Å². The lowest BCUT2D eigenvalue weighted by molar-refractivity contribution is 0.0184. The van der Waals surface area contributed by atoms with Gasteiger partial charge in [-0.05, 0) is 71.4 Å². The second-order valence-electron chi connectivity index (χ2n) is 8.37. The highest BCUT2D eigenvalue weighted by molar-refractivity contribution is 5.68.